The zero-order valence-electron chi connectivity index (χ0n) is 22.2. The highest BCUT2D eigenvalue weighted by Gasteiger charge is 2.33. The molecule has 3 aromatic rings. The zero-order chi connectivity index (χ0) is 29.7. The van der Waals surface area contributed by atoms with Gasteiger partial charge in [-0.15, -0.1) is 13.2 Å². The van der Waals surface area contributed by atoms with Crippen LogP contribution < -0.4 is 25.8 Å². The van der Waals surface area contributed by atoms with Crippen molar-refractivity contribution in [3.63, 3.8) is 0 Å². The van der Waals surface area contributed by atoms with Crippen LogP contribution in [-0.2, 0) is 4.79 Å². The summed E-state index contributed by atoms with van der Waals surface area (Å²) in [5, 5.41) is 2.95. The summed E-state index contributed by atoms with van der Waals surface area (Å²) in [5.74, 6) is -0.841. The van der Waals surface area contributed by atoms with Crippen molar-refractivity contribution in [3.05, 3.63) is 83.4 Å². The number of aryl methyl sites for hydroxylation is 1. The minimum absolute atomic E-state index is 0.110. The van der Waals surface area contributed by atoms with Gasteiger partial charge in [-0.3, -0.25) is 25.3 Å². The highest BCUT2D eigenvalue weighted by Crippen LogP contribution is 2.34. The van der Waals surface area contributed by atoms with E-state index >= 15 is 0 Å². The van der Waals surface area contributed by atoms with E-state index in [1.54, 1.807) is 24.3 Å². The highest BCUT2D eigenvalue weighted by atomic mass is 32.2. The molecule has 0 saturated carbocycles. The Morgan fingerprint density at radius 1 is 1.00 bits per heavy atom. The number of carbonyl (C=O) groups excluding carboxylic acids is 3. The molecular formula is C28H26F3N5O4S. The molecule has 0 spiro atoms. The van der Waals surface area contributed by atoms with Gasteiger partial charge in [0.1, 0.15) is 5.75 Å². The van der Waals surface area contributed by atoms with Crippen molar-refractivity contribution < 1.29 is 32.3 Å². The summed E-state index contributed by atoms with van der Waals surface area (Å²) in [4.78, 5) is 43.3. The minimum Gasteiger partial charge on any atom is -0.406 e. The first-order chi connectivity index (χ1) is 19.4. The second-order valence-corrected chi connectivity index (χ2v) is 10.2. The number of amidine groups is 1. The van der Waals surface area contributed by atoms with Gasteiger partial charge in [-0.2, -0.15) is 4.99 Å². The van der Waals surface area contributed by atoms with Gasteiger partial charge < -0.3 is 10.1 Å². The number of thioether (sulfide) groups is 1. The minimum atomic E-state index is -4.82. The van der Waals surface area contributed by atoms with Crippen molar-refractivity contribution in [1.29, 1.82) is 0 Å². The fraction of sp³-hybridized carbons (Fsp3) is 0.214. The second kappa shape index (κ2) is 12.3. The highest BCUT2D eigenvalue weighted by molar-refractivity contribution is 8.15. The van der Waals surface area contributed by atoms with Crippen LogP contribution in [0.1, 0.15) is 41.3 Å². The molecule has 1 aliphatic rings. The first kappa shape index (κ1) is 29.5. The van der Waals surface area contributed by atoms with Gasteiger partial charge in [0, 0.05) is 11.3 Å². The molecule has 0 aromatic heterocycles. The second-order valence-electron chi connectivity index (χ2n) is 9.29. The van der Waals surface area contributed by atoms with E-state index in [1.807, 2.05) is 39.0 Å². The van der Waals surface area contributed by atoms with Gasteiger partial charge in [0.25, 0.3) is 5.91 Å². The first-order valence-electron chi connectivity index (χ1n) is 12.4. The van der Waals surface area contributed by atoms with Crippen molar-refractivity contribution in [2.75, 3.05) is 21.4 Å². The number of halogens is 3. The molecule has 0 bridgehead atoms. The molecule has 214 valence electrons. The Balaban J connectivity index is 1.36. The van der Waals surface area contributed by atoms with Crippen LogP contribution in [0.2, 0.25) is 0 Å². The largest absolute Gasteiger partial charge is 0.573 e. The van der Waals surface area contributed by atoms with E-state index in [9.17, 15) is 27.6 Å². The molecule has 0 unspecified atom stereocenters. The van der Waals surface area contributed by atoms with Crippen LogP contribution in [0.15, 0.2) is 71.7 Å². The van der Waals surface area contributed by atoms with Crippen LogP contribution in [0.4, 0.5) is 35.0 Å². The Morgan fingerprint density at radius 3 is 2.29 bits per heavy atom. The molecule has 9 nitrogen and oxygen atoms in total. The van der Waals surface area contributed by atoms with E-state index in [1.165, 1.54) is 28.8 Å². The van der Waals surface area contributed by atoms with Crippen LogP contribution in [0.25, 0.3) is 0 Å². The Bertz CT molecular complexity index is 1480. The monoisotopic (exact) mass is 585 g/mol. The van der Waals surface area contributed by atoms with Crippen molar-refractivity contribution in [2.24, 2.45) is 4.99 Å². The van der Waals surface area contributed by atoms with Crippen molar-refractivity contribution in [2.45, 2.75) is 33.1 Å². The van der Waals surface area contributed by atoms with E-state index < -0.39 is 24.1 Å². The molecule has 3 aromatic carbocycles. The van der Waals surface area contributed by atoms with Gasteiger partial charge in [0.05, 0.1) is 17.1 Å². The lowest BCUT2D eigenvalue weighted by Gasteiger charge is -2.22. The Morgan fingerprint density at radius 2 is 1.66 bits per heavy atom. The number of rotatable bonds is 7. The maximum absolute atomic E-state index is 12.7. The molecule has 4 amide bonds. The first-order valence-corrected chi connectivity index (χ1v) is 13.4. The number of hydrazine groups is 1. The lowest BCUT2D eigenvalue weighted by Crippen LogP contribution is -2.31. The average Bonchev–Trinajstić information content (AvgIpc) is 3.26. The van der Waals surface area contributed by atoms with E-state index in [0.717, 1.165) is 23.3 Å². The van der Waals surface area contributed by atoms with Crippen molar-refractivity contribution >= 4 is 51.8 Å². The Labute approximate surface area is 238 Å². The molecule has 1 heterocycles. The Kier molecular flexibility index (Phi) is 8.86. The molecule has 3 N–H and O–H groups in total. The molecule has 4 rings (SSSR count). The van der Waals surface area contributed by atoms with Gasteiger partial charge >= 0.3 is 12.4 Å². The summed E-state index contributed by atoms with van der Waals surface area (Å²) in [7, 11) is 0. The van der Waals surface area contributed by atoms with E-state index in [4.69, 9.17) is 0 Å². The third kappa shape index (κ3) is 7.78. The number of carbonyl (C=O) groups is 3. The van der Waals surface area contributed by atoms with Gasteiger partial charge in [-0.05, 0) is 78.6 Å². The van der Waals surface area contributed by atoms with E-state index in [0.29, 0.717) is 22.2 Å². The summed E-state index contributed by atoms with van der Waals surface area (Å²) < 4.78 is 40.6. The number of amides is 4. The smallest absolute Gasteiger partial charge is 0.406 e. The predicted molar refractivity (Wildman–Crippen MR) is 152 cm³/mol. The number of anilines is 3. The molecule has 41 heavy (non-hydrogen) atoms. The summed E-state index contributed by atoms with van der Waals surface area (Å²) in [6.45, 7) is 6.00. The fourth-order valence-corrected chi connectivity index (χ4v) is 4.76. The van der Waals surface area contributed by atoms with Crippen LogP contribution in [0.5, 0.6) is 5.75 Å². The standard InChI is InChI=1S/C28H26F3N5O4S/c1-16(2)22-13-4-17(3)14-23(22)36-24(37)15-41-27(36)33-26(39)32-19-7-9-20(10-8-19)34-35-25(38)18-5-11-21(12-6-18)40-28(29,30)31/h4-14,16,34H,15H2,1-3H3,(H,32,39)(H,35,38). The van der Waals surface area contributed by atoms with E-state index in [2.05, 4.69) is 25.9 Å². The predicted octanol–water partition coefficient (Wildman–Crippen LogP) is 6.44. The summed E-state index contributed by atoms with van der Waals surface area (Å²) >= 11 is 1.19. The van der Waals surface area contributed by atoms with Crippen LogP contribution in [-0.4, -0.2) is 35.1 Å². The maximum Gasteiger partial charge on any atom is 0.573 e. The zero-order valence-corrected chi connectivity index (χ0v) is 23.0. The molecule has 1 fully saturated rings. The summed E-state index contributed by atoms with van der Waals surface area (Å²) in [6, 6.07) is 16.0. The molecule has 0 aliphatic carbocycles. The number of ether oxygens (including phenoxy) is 1. The molecular weight excluding hydrogens is 559 g/mol. The molecule has 0 atom stereocenters. The van der Waals surface area contributed by atoms with Gasteiger partial charge in [-0.25, -0.2) is 4.79 Å². The van der Waals surface area contributed by atoms with Crippen LogP contribution in [0, 0.1) is 6.92 Å². The number of hydrogen-bond donors (Lipinski definition) is 3. The SMILES string of the molecule is Cc1ccc(C(C)C)c(N2C(=O)CSC2=NC(=O)Nc2ccc(NNC(=O)c3ccc(OC(F)(F)F)cc3)cc2)c1. The van der Waals surface area contributed by atoms with Crippen LogP contribution in [0.3, 0.4) is 0 Å². The number of urea groups is 1. The maximum atomic E-state index is 12.7. The molecule has 1 saturated heterocycles. The molecule has 1 aliphatic heterocycles. The summed E-state index contributed by atoms with van der Waals surface area (Å²) in [5.41, 5.74) is 8.80. The number of nitrogens with one attached hydrogen (secondary N) is 3. The normalized spacial score (nSPS) is 14.4. The number of alkyl halides is 3. The lowest BCUT2D eigenvalue weighted by atomic mass is 9.99. The topological polar surface area (TPSA) is 112 Å². The van der Waals surface area contributed by atoms with Gasteiger partial charge in [-0.1, -0.05) is 37.7 Å². The Hall–Kier alpha value is -4.52. The molecule has 13 heteroatoms. The third-order valence-electron chi connectivity index (χ3n) is 5.82. The summed E-state index contributed by atoms with van der Waals surface area (Å²) in [6.07, 6.45) is -4.82. The lowest BCUT2D eigenvalue weighted by molar-refractivity contribution is -0.274. The van der Waals surface area contributed by atoms with Crippen LogP contribution >= 0.6 is 11.8 Å². The number of nitrogens with zero attached hydrogens (tertiary/aromatic N) is 2. The van der Waals surface area contributed by atoms with Gasteiger partial charge in [0.15, 0.2) is 5.17 Å². The van der Waals surface area contributed by atoms with Crippen molar-refractivity contribution in [3.8, 4) is 5.75 Å². The number of hydrogen-bond acceptors (Lipinski definition) is 6. The number of aliphatic imine (C=N–C) groups is 1. The fourth-order valence-electron chi connectivity index (χ4n) is 3.90. The number of benzene rings is 3. The van der Waals surface area contributed by atoms with Gasteiger partial charge in [0.2, 0.25) is 5.91 Å². The third-order valence-corrected chi connectivity index (χ3v) is 6.74. The quantitative estimate of drug-likeness (QED) is 0.275. The van der Waals surface area contributed by atoms with Crippen molar-refractivity contribution in [1.82, 2.24) is 5.43 Å². The molecule has 0 radical (unpaired) electrons. The average molecular weight is 586 g/mol. The van der Waals surface area contributed by atoms with E-state index in [-0.39, 0.29) is 23.1 Å².